The lowest BCUT2D eigenvalue weighted by molar-refractivity contribution is 0.285. The Morgan fingerprint density at radius 1 is 1.33 bits per heavy atom. The highest BCUT2D eigenvalue weighted by atomic mass is 16.5. The average molecular weight is 244 g/mol. The Bertz CT molecular complexity index is 558. The van der Waals surface area contributed by atoms with Gasteiger partial charge in [0.05, 0.1) is 5.54 Å². The predicted molar refractivity (Wildman–Crippen MR) is 66.6 cm³/mol. The van der Waals surface area contributed by atoms with E-state index in [0.717, 1.165) is 36.9 Å². The number of rotatable bonds is 2. The Morgan fingerprint density at radius 3 is 2.83 bits per heavy atom. The van der Waals surface area contributed by atoms with Crippen molar-refractivity contribution in [2.24, 2.45) is 5.73 Å². The van der Waals surface area contributed by atoms with Crippen LogP contribution in [0.25, 0.3) is 11.5 Å². The number of aromatic nitrogens is 3. The maximum atomic E-state index is 6.29. The van der Waals surface area contributed by atoms with E-state index in [0.29, 0.717) is 11.7 Å². The van der Waals surface area contributed by atoms with Crippen molar-refractivity contribution in [3.8, 4) is 11.5 Å². The van der Waals surface area contributed by atoms with Crippen molar-refractivity contribution in [1.29, 1.82) is 0 Å². The van der Waals surface area contributed by atoms with Gasteiger partial charge in [-0.1, -0.05) is 24.1 Å². The van der Waals surface area contributed by atoms with Crippen molar-refractivity contribution in [3.63, 3.8) is 0 Å². The molecule has 0 aromatic carbocycles. The first kappa shape index (κ1) is 11.3. The smallest absolute Gasteiger partial charge is 0.247 e. The van der Waals surface area contributed by atoms with Crippen LogP contribution < -0.4 is 5.73 Å². The molecule has 1 aliphatic carbocycles. The molecule has 1 fully saturated rings. The van der Waals surface area contributed by atoms with Crippen LogP contribution in [-0.2, 0) is 5.54 Å². The van der Waals surface area contributed by atoms with E-state index in [-0.39, 0.29) is 0 Å². The van der Waals surface area contributed by atoms with Crippen molar-refractivity contribution >= 4 is 0 Å². The average Bonchev–Trinajstić information content (AvgIpc) is 2.99. The topological polar surface area (TPSA) is 77.8 Å². The molecule has 0 radical (unpaired) electrons. The summed E-state index contributed by atoms with van der Waals surface area (Å²) in [6, 6.07) is 3.87. The summed E-state index contributed by atoms with van der Waals surface area (Å²) in [5.41, 5.74) is 7.64. The van der Waals surface area contributed by atoms with Gasteiger partial charge in [0.15, 0.2) is 0 Å². The van der Waals surface area contributed by atoms with Crippen LogP contribution in [0.1, 0.15) is 37.1 Å². The fraction of sp³-hybridized carbons (Fsp3) is 0.462. The van der Waals surface area contributed by atoms with Crippen molar-refractivity contribution < 1.29 is 4.52 Å². The second-order valence-electron chi connectivity index (χ2n) is 4.96. The van der Waals surface area contributed by atoms with E-state index < -0.39 is 5.54 Å². The number of hydrogen-bond donors (Lipinski definition) is 1. The third-order valence-corrected chi connectivity index (χ3v) is 3.57. The molecule has 2 aromatic rings. The van der Waals surface area contributed by atoms with Gasteiger partial charge in [-0.25, -0.2) is 0 Å². The second-order valence-corrected chi connectivity index (χ2v) is 4.96. The molecule has 0 saturated heterocycles. The highest BCUT2D eigenvalue weighted by molar-refractivity contribution is 5.53. The van der Waals surface area contributed by atoms with Gasteiger partial charge in [0.2, 0.25) is 11.7 Å². The summed E-state index contributed by atoms with van der Waals surface area (Å²) in [4.78, 5) is 8.72. The summed E-state index contributed by atoms with van der Waals surface area (Å²) in [6.07, 6.45) is 5.80. The maximum absolute atomic E-state index is 6.29. The molecule has 0 amide bonds. The minimum absolute atomic E-state index is 0.437. The summed E-state index contributed by atoms with van der Waals surface area (Å²) in [5, 5.41) is 4.01. The summed E-state index contributed by atoms with van der Waals surface area (Å²) < 4.78 is 5.33. The van der Waals surface area contributed by atoms with Gasteiger partial charge in [-0.2, -0.15) is 4.98 Å². The molecule has 94 valence electrons. The zero-order valence-electron chi connectivity index (χ0n) is 10.4. The Labute approximate surface area is 105 Å². The van der Waals surface area contributed by atoms with Crippen LogP contribution in [0, 0.1) is 6.92 Å². The second kappa shape index (κ2) is 4.17. The van der Waals surface area contributed by atoms with Gasteiger partial charge in [-0.3, -0.25) is 4.98 Å². The minimum atomic E-state index is -0.437. The SMILES string of the molecule is Cc1cccnc1-c1noc(C2(N)CCCC2)n1. The molecular weight excluding hydrogens is 228 g/mol. The van der Waals surface area contributed by atoms with Gasteiger partial charge < -0.3 is 10.3 Å². The zero-order chi connectivity index (χ0) is 12.6. The van der Waals surface area contributed by atoms with Gasteiger partial charge in [0.1, 0.15) is 5.69 Å². The Balaban J connectivity index is 1.97. The lowest BCUT2D eigenvalue weighted by Crippen LogP contribution is -2.33. The fourth-order valence-electron chi connectivity index (χ4n) is 2.46. The zero-order valence-corrected chi connectivity index (χ0v) is 10.4. The van der Waals surface area contributed by atoms with Gasteiger partial charge in [-0.05, 0) is 31.4 Å². The van der Waals surface area contributed by atoms with E-state index >= 15 is 0 Å². The van der Waals surface area contributed by atoms with E-state index in [9.17, 15) is 0 Å². The quantitative estimate of drug-likeness (QED) is 0.875. The largest absolute Gasteiger partial charge is 0.337 e. The van der Waals surface area contributed by atoms with Crippen molar-refractivity contribution in [2.75, 3.05) is 0 Å². The molecule has 5 nitrogen and oxygen atoms in total. The summed E-state index contributed by atoms with van der Waals surface area (Å²) in [6.45, 7) is 1.98. The Kier molecular flexibility index (Phi) is 2.63. The highest BCUT2D eigenvalue weighted by Crippen LogP contribution is 2.35. The van der Waals surface area contributed by atoms with Crippen LogP contribution in [0.2, 0.25) is 0 Å². The van der Waals surface area contributed by atoms with E-state index in [1.165, 1.54) is 0 Å². The number of nitrogens with two attached hydrogens (primary N) is 1. The molecule has 1 saturated carbocycles. The van der Waals surface area contributed by atoms with Crippen LogP contribution >= 0.6 is 0 Å². The number of hydrogen-bond acceptors (Lipinski definition) is 5. The fourth-order valence-corrected chi connectivity index (χ4v) is 2.46. The maximum Gasteiger partial charge on any atom is 0.247 e. The summed E-state index contributed by atoms with van der Waals surface area (Å²) >= 11 is 0. The van der Waals surface area contributed by atoms with Crippen molar-refractivity contribution in [2.45, 2.75) is 38.1 Å². The lowest BCUT2D eigenvalue weighted by Gasteiger charge is -2.17. The predicted octanol–water partition coefficient (Wildman–Crippen LogP) is 2.17. The number of pyridine rings is 1. The lowest BCUT2D eigenvalue weighted by atomic mass is 9.99. The first-order valence-corrected chi connectivity index (χ1v) is 6.24. The first-order valence-electron chi connectivity index (χ1n) is 6.24. The third-order valence-electron chi connectivity index (χ3n) is 3.57. The molecule has 2 aromatic heterocycles. The van der Waals surface area contributed by atoms with Crippen molar-refractivity contribution in [3.05, 3.63) is 29.8 Å². The molecule has 0 spiro atoms. The Hall–Kier alpha value is -1.75. The molecule has 0 unspecified atom stereocenters. The molecule has 3 rings (SSSR count). The number of nitrogens with zero attached hydrogens (tertiary/aromatic N) is 3. The van der Waals surface area contributed by atoms with Crippen molar-refractivity contribution in [1.82, 2.24) is 15.1 Å². The van der Waals surface area contributed by atoms with Crippen LogP contribution in [0.15, 0.2) is 22.9 Å². The van der Waals surface area contributed by atoms with E-state index in [2.05, 4.69) is 15.1 Å². The van der Waals surface area contributed by atoms with Gasteiger partial charge in [0.25, 0.3) is 0 Å². The molecule has 18 heavy (non-hydrogen) atoms. The van der Waals surface area contributed by atoms with Gasteiger partial charge in [0, 0.05) is 6.20 Å². The monoisotopic (exact) mass is 244 g/mol. The molecule has 2 heterocycles. The van der Waals surface area contributed by atoms with E-state index in [1.807, 2.05) is 19.1 Å². The number of aryl methyl sites for hydroxylation is 1. The summed E-state index contributed by atoms with van der Waals surface area (Å²) in [7, 11) is 0. The third kappa shape index (κ3) is 1.80. The highest BCUT2D eigenvalue weighted by Gasteiger charge is 2.37. The molecule has 0 aliphatic heterocycles. The van der Waals surface area contributed by atoms with Crippen LogP contribution in [0.3, 0.4) is 0 Å². The van der Waals surface area contributed by atoms with E-state index in [4.69, 9.17) is 10.3 Å². The first-order chi connectivity index (χ1) is 8.69. The standard InChI is InChI=1S/C13H16N4O/c1-9-5-4-8-15-10(9)11-16-12(18-17-11)13(14)6-2-3-7-13/h4-5,8H,2-3,6-7,14H2,1H3. The van der Waals surface area contributed by atoms with Crippen LogP contribution in [0.4, 0.5) is 0 Å². The van der Waals surface area contributed by atoms with Gasteiger partial charge >= 0.3 is 0 Å². The molecular formula is C13H16N4O. The molecule has 5 heteroatoms. The van der Waals surface area contributed by atoms with Crippen LogP contribution in [-0.4, -0.2) is 15.1 Å². The molecule has 0 bridgehead atoms. The Morgan fingerprint density at radius 2 is 2.11 bits per heavy atom. The normalized spacial score (nSPS) is 18.1. The minimum Gasteiger partial charge on any atom is -0.337 e. The molecule has 1 aliphatic rings. The van der Waals surface area contributed by atoms with Gasteiger partial charge in [-0.15, -0.1) is 0 Å². The molecule has 0 atom stereocenters. The van der Waals surface area contributed by atoms with Crippen LogP contribution in [0.5, 0.6) is 0 Å². The van der Waals surface area contributed by atoms with E-state index in [1.54, 1.807) is 6.20 Å². The molecule has 2 N–H and O–H groups in total. The summed E-state index contributed by atoms with van der Waals surface area (Å²) in [5.74, 6) is 1.07.